The number of pyridine rings is 1. The first kappa shape index (κ1) is 19.2. The molecular weight excluding hydrogens is 336 g/mol. The van der Waals surface area contributed by atoms with E-state index in [-0.39, 0.29) is 5.78 Å². The molecule has 0 spiro atoms. The molecule has 0 aliphatic carbocycles. The Balaban J connectivity index is 2.73. The van der Waals surface area contributed by atoms with Crippen molar-refractivity contribution in [3.8, 4) is 0 Å². The van der Waals surface area contributed by atoms with Crippen LogP contribution in [0.2, 0.25) is 21.6 Å². The minimum absolute atomic E-state index is 0.104. The Morgan fingerprint density at radius 3 is 2.17 bits per heavy atom. The van der Waals surface area contributed by atoms with Gasteiger partial charge in [-0.15, -0.1) is 0 Å². The molecule has 0 radical (unpaired) electrons. The van der Waals surface area contributed by atoms with Gasteiger partial charge in [0, 0.05) is 18.0 Å². The van der Waals surface area contributed by atoms with Crippen molar-refractivity contribution in [2.75, 3.05) is 0 Å². The van der Waals surface area contributed by atoms with Crippen molar-refractivity contribution in [2.45, 2.75) is 71.5 Å². The van der Waals surface area contributed by atoms with Gasteiger partial charge in [-0.2, -0.15) is 0 Å². The maximum atomic E-state index is 11.4. The van der Waals surface area contributed by atoms with Crippen LogP contribution in [0.4, 0.5) is 0 Å². The summed E-state index contributed by atoms with van der Waals surface area (Å²) >= 11 is 6.60. The first-order valence-electron chi connectivity index (χ1n) is 8.78. The van der Waals surface area contributed by atoms with Crippen LogP contribution in [0.3, 0.4) is 0 Å². The van der Waals surface area contributed by atoms with E-state index < -0.39 is 8.24 Å². The molecule has 5 heteroatoms. The minimum atomic E-state index is -1.86. The highest BCUT2D eigenvalue weighted by atomic mass is 35.5. The third kappa shape index (κ3) is 2.95. The van der Waals surface area contributed by atoms with Crippen LogP contribution in [0.5, 0.6) is 0 Å². The van der Waals surface area contributed by atoms with E-state index in [0.717, 1.165) is 16.6 Å². The second-order valence-corrected chi connectivity index (χ2v) is 13.8. The predicted molar refractivity (Wildman–Crippen MR) is 106 cm³/mol. The second-order valence-electron chi connectivity index (χ2n) is 7.75. The van der Waals surface area contributed by atoms with E-state index in [2.05, 4.69) is 58.0 Å². The first-order chi connectivity index (χ1) is 11.1. The number of hydrogen-bond acceptors (Lipinski definition) is 2. The Bertz CT molecular complexity index is 727. The van der Waals surface area contributed by atoms with Crippen molar-refractivity contribution >= 4 is 36.7 Å². The van der Waals surface area contributed by atoms with Gasteiger partial charge >= 0.3 is 0 Å². The lowest BCUT2D eigenvalue weighted by Crippen LogP contribution is -2.51. The summed E-state index contributed by atoms with van der Waals surface area (Å²) in [5, 5.41) is 1.64. The average molecular weight is 365 g/mol. The lowest BCUT2D eigenvalue weighted by molar-refractivity contribution is -0.116. The molecule has 0 aromatic carbocycles. The van der Waals surface area contributed by atoms with Gasteiger partial charge in [-0.1, -0.05) is 53.1 Å². The third-order valence-corrected chi connectivity index (χ3v) is 12.5. The molecule has 0 bridgehead atoms. The van der Waals surface area contributed by atoms with Crippen molar-refractivity contribution in [3.63, 3.8) is 0 Å². The Kier molecular flexibility index (Phi) is 5.60. The summed E-state index contributed by atoms with van der Waals surface area (Å²) in [6, 6.07) is 2.07. The molecule has 0 amide bonds. The maximum absolute atomic E-state index is 11.4. The summed E-state index contributed by atoms with van der Waals surface area (Å²) in [5.74, 6) is 0.104. The second kappa shape index (κ2) is 7.01. The van der Waals surface area contributed by atoms with Crippen LogP contribution >= 0.6 is 11.6 Å². The van der Waals surface area contributed by atoms with Crippen LogP contribution in [0.1, 0.15) is 54.0 Å². The fraction of sp³-hybridized carbons (Fsp3) is 0.579. The Morgan fingerprint density at radius 2 is 1.71 bits per heavy atom. The molecule has 0 aliphatic heterocycles. The van der Waals surface area contributed by atoms with Crippen LogP contribution in [-0.4, -0.2) is 23.2 Å². The van der Waals surface area contributed by atoms with Crippen LogP contribution in [-0.2, 0) is 11.2 Å². The van der Waals surface area contributed by atoms with Gasteiger partial charge in [0.15, 0.2) is 8.24 Å². The third-order valence-electron chi connectivity index (χ3n) is 5.35. The Hall–Kier alpha value is -1.13. The summed E-state index contributed by atoms with van der Waals surface area (Å²) in [7, 11) is -1.86. The average Bonchev–Trinajstić information content (AvgIpc) is 2.86. The van der Waals surface area contributed by atoms with Crippen molar-refractivity contribution in [1.29, 1.82) is 0 Å². The van der Waals surface area contributed by atoms with Gasteiger partial charge in [-0.3, -0.25) is 4.79 Å². The molecule has 0 saturated heterocycles. The molecule has 0 N–H and O–H groups in total. The summed E-state index contributed by atoms with van der Waals surface area (Å²) in [6.07, 6.45) is 4.30. The van der Waals surface area contributed by atoms with Crippen molar-refractivity contribution in [3.05, 3.63) is 29.0 Å². The number of carbonyl (C=O) groups is 1. The highest BCUT2D eigenvalue weighted by Crippen LogP contribution is 2.44. The highest BCUT2D eigenvalue weighted by molar-refractivity contribution is 6.82. The fourth-order valence-electron chi connectivity index (χ4n) is 4.63. The van der Waals surface area contributed by atoms with Gasteiger partial charge in [-0.05, 0) is 41.4 Å². The maximum Gasteiger partial charge on any atom is 0.171 e. The number of Topliss-reactive ketones (excluding diaryl/α,β-unsaturated/α-hetero) is 1. The number of carbonyl (C=O) groups excluding carboxylic acids is 1. The molecule has 132 valence electrons. The normalized spacial score (nSPS) is 12.8. The monoisotopic (exact) mass is 364 g/mol. The van der Waals surface area contributed by atoms with Gasteiger partial charge in [-0.25, -0.2) is 4.98 Å². The van der Waals surface area contributed by atoms with Crippen molar-refractivity contribution < 1.29 is 4.79 Å². The summed E-state index contributed by atoms with van der Waals surface area (Å²) in [5.41, 5.74) is 3.55. The summed E-state index contributed by atoms with van der Waals surface area (Å²) < 4.78 is 2.45. The first-order valence-corrected chi connectivity index (χ1v) is 11.3. The molecule has 0 unspecified atom stereocenters. The fourth-order valence-corrected chi connectivity index (χ4v) is 11.4. The molecule has 2 aromatic heterocycles. The van der Waals surface area contributed by atoms with E-state index in [0.29, 0.717) is 28.1 Å². The summed E-state index contributed by atoms with van der Waals surface area (Å²) in [6.45, 7) is 15.6. The zero-order valence-electron chi connectivity index (χ0n) is 15.9. The largest absolute Gasteiger partial charge is 0.359 e. The Labute approximate surface area is 151 Å². The number of halogens is 1. The molecule has 0 fully saturated rings. The van der Waals surface area contributed by atoms with Gasteiger partial charge in [0.1, 0.15) is 11.4 Å². The number of fused-ring (bicyclic) bond motifs is 1. The number of rotatable bonds is 6. The Morgan fingerprint density at radius 1 is 1.17 bits per heavy atom. The van der Waals surface area contributed by atoms with Gasteiger partial charge < -0.3 is 4.23 Å². The SMILES string of the molecule is CC(=O)Cc1cnc2c(ccn2[Si](C(C)C)(C(C)C)C(C)C)c1Cl. The molecule has 0 saturated carbocycles. The van der Waals surface area contributed by atoms with Crippen LogP contribution < -0.4 is 0 Å². The zero-order chi connectivity index (χ0) is 18.2. The topological polar surface area (TPSA) is 34.9 Å². The van der Waals surface area contributed by atoms with Crippen molar-refractivity contribution in [2.24, 2.45) is 0 Å². The summed E-state index contributed by atoms with van der Waals surface area (Å²) in [4.78, 5) is 16.2. The quantitative estimate of drug-likeness (QED) is 0.603. The molecule has 3 nitrogen and oxygen atoms in total. The van der Waals surface area contributed by atoms with E-state index in [1.165, 1.54) is 0 Å². The minimum Gasteiger partial charge on any atom is -0.359 e. The molecule has 0 atom stereocenters. The molecular formula is C19H29ClN2OSi. The molecule has 24 heavy (non-hydrogen) atoms. The predicted octanol–water partition coefficient (Wildman–Crippen LogP) is 5.84. The van der Waals surface area contributed by atoms with Crippen LogP contribution in [0.15, 0.2) is 18.5 Å². The van der Waals surface area contributed by atoms with E-state index >= 15 is 0 Å². The van der Waals surface area contributed by atoms with Crippen molar-refractivity contribution in [1.82, 2.24) is 9.22 Å². The molecule has 2 rings (SSSR count). The van der Waals surface area contributed by atoms with Gasteiger partial charge in [0.2, 0.25) is 0 Å². The standard InChI is InChI=1S/C19H29ClN2OSi/c1-12(2)24(13(3)4,14(5)6)22-9-8-17-18(20)16(10-15(7)23)11-21-19(17)22/h8-9,11-14H,10H2,1-7H3. The van der Waals surface area contributed by atoms with E-state index in [9.17, 15) is 4.79 Å². The zero-order valence-corrected chi connectivity index (χ0v) is 17.6. The smallest absolute Gasteiger partial charge is 0.171 e. The lowest BCUT2D eigenvalue weighted by atomic mass is 10.1. The molecule has 2 aromatic rings. The number of ketones is 1. The highest BCUT2D eigenvalue weighted by Gasteiger charge is 2.46. The number of hydrogen-bond donors (Lipinski definition) is 0. The van der Waals surface area contributed by atoms with E-state index in [1.54, 1.807) is 13.1 Å². The number of nitrogens with zero attached hydrogens (tertiary/aromatic N) is 2. The van der Waals surface area contributed by atoms with Gasteiger partial charge in [0.05, 0.1) is 5.02 Å². The number of aromatic nitrogens is 2. The van der Waals surface area contributed by atoms with Crippen LogP contribution in [0.25, 0.3) is 11.0 Å². The van der Waals surface area contributed by atoms with E-state index in [4.69, 9.17) is 16.6 Å². The lowest BCUT2D eigenvalue weighted by Gasteiger charge is -2.44. The van der Waals surface area contributed by atoms with E-state index in [1.807, 2.05) is 0 Å². The van der Waals surface area contributed by atoms with Crippen LogP contribution in [0, 0.1) is 0 Å². The molecule has 0 aliphatic rings. The van der Waals surface area contributed by atoms with Gasteiger partial charge in [0.25, 0.3) is 0 Å². The molecule has 2 heterocycles.